The van der Waals surface area contributed by atoms with Gasteiger partial charge in [0.25, 0.3) is 0 Å². The standard InChI is InChI=1S/C18H27NO/c1-13(19-18(14(2)20)11-6-12-18)15-7-9-16(10-8-15)17(3,4)5/h7-10,13,19H,6,11-12H2,1-5H3. The molecule has 0 aromatic heterocycles. The van der Waals surface area contributed by atoms with Gasteiger partial charge in [-0.25, -0.2) is 0 Å². The number of carbonyl (C=O) groups is 1. The summed E-state index contributed by atoms with van der Waals surface area (Å²) in [6.45, 7) is 10.5. The van der Waals surface area contributed by atoms with Gasteiger partial charge in [-0.1, -0.05) is 45.0 Å². The Morgan fingerprint density at radius 1 is 1.20 bits per heavy atom. The second-order valence-corrected chi connectivity index (χ2v) is 7.23. The van der Waals surface area contributed by atoms with Crippen LogP contribution in [0.15, 0.2) is 24.3 Å². The van der Waals surface area contributed by atoms with E-state index in [2.05, 4.69) is 57.3 Å². The lowest BCUT2D eigenvalue weighted by atomic mass is 9.73. The predicted octanol–water partition coefficient (Wildman–Crippen LogP) is 4.15. The van der Waals surface area contributed by atoms with Crippen molar-refractivity contribution in [2.45, 2.75) is 70.9 Å². The molecule has 20 heavy (non-hydrogen) atoms. The summed E-state index contributed by atoms with van der Waals surface area (Å²) in [6, 6.07) is 8.99. The summed E-state index contributed by atoms with van der Waals surface area (Å²) in [5.41, 5.74) is 2.52. The molecule has 1 aliphatic carbocycles. The number of carbonyl (C=O) groups excluding carboxylic acids is 1. The molecule has 1 unspecified atom stereocenters. The number of hydrogen-bond donors (Lipinski definition) is 1. The summed E-state index contributed by atoms with van der Waals surface area (Å²) in [4.78, 5) is 11.8. The van der Waals surface area contributed by atoms with Gasteiger partial charge in [-0.15, -0.1) is 0 Å². The maximum Gasteiger partial charge on any atom is 0.149 e. The number of nitrogens with one attached hydrogen (secondary N) is 1. The van der Waals surface area contributed by atoms with E-state index in [4.69, 9.17) is 0 Å². The molecule has 0 heterocycles. The van der Waals surface area contributed by atoms with E-state index < -0.39 is 0 Å². The molecule has 0 bridgehead atoms. The van der Waals surface area contributed by atoms with Crippen LogP contribution in [0, 0.1) is 0 Å². The van der Waals surface area contributed by atoms with Crippen molar-refractivity contribution in [1.29, 1.82) is 0 Å². The minimum Gasteiger partial charge on any atom is -0.298 e. The Bertz CT molecular complexity index is 477. The van der Waals surface area contributed by atoms with E-state index in [0.29, 0.717) is 0 Å². The SMILES string of the molecule is CC(=O)C1(NC(C)c2ccc(C(C)(C)C)cc2)CCC1. The minimum absolute atomic E-state index is 0.184. The van der Waals surface area contributed by atoms with E-state index in [1.807, 2.05) is 0 Å². The van der Waals surface area contributed by atoms with Crippen LogP contribution in [0.3, 0.4) is 0 Å². The smallest absolute Gasteiger partial charge is 0.149 e. The van der Waals surface area contributed by atoms with Gasteiger partial charge in [-0.3, -0.25) is 10.1 Å². The fourth-order valence-electron chi connectivity index (χ4n) is 2.90. The monoisotopic (exact) mass is 273 g/mol. The van der Waals surface area contributed by atoms with Crippen molar-refractivity contribution in [2.75, 3.05) is 0 Å². The zero-order chi connectivity index (χ0) is 15.0. The van der Waals surface area contributed by atoms with E-state index in [1.165, 1.54) is 11.1 Å². The Kier molecular flexibility index (Phi) is 4.06. The quantitative estimate of drug-likeness (QED) is 0.893. The second kappa shape index (κ2) is 5.33. The van der Waals surface area contributed by atoms with Gasteiger partial charge >= 0.3 is 0 Å². The van der Waals surface area contributed by atoms with Crippen molar-refractivity contribution in [3.05, 3.63) is 35.4 Å². The van der Waals surface area contributed by atoms with Crippen molar-refractivity contribution in [1.82, 2.24) is 5.32 Å². The van der Waals surface area contributed by atoms with E-state index in [9.17, 15) is 4.79 Å². The van der Waals surface area contributed by atoms with E-state index in [-0.39, 0.29) is 22.8 Å². The highest BCUT2D eigenvalue weighted by atomic mass is 16.1. The molecule has 1 atom stereocenters. The molecule has 2 heteroatoms. The molecule has 1 fully saturated rings. The highest BCUT2D eigenvalue weighted by Crippen LogP contribution is 2.35. The van der Waals surface area contributed by atoms with Crippen LogP contribution < -0.4 is 5.32 Å². The van der Waals surface area contributed by atoms with Crippen LogP contribution in [0.4, 0.5) is 0 Å². The van der Waals surface area contributed by atoms with Crippen molar-refractivity contribution >= 4 is 5.78 Å². The first kappa shape index (κ1) is 15.2. The molecule has 110 valence electrons. The summed E-state index contributed by atoms with van der Waals surface area (Å²) < 4.78 is 0. The first-order valence-electron chi connectivity index (χ1n) is 7.64. The molecular formula is C18H27NO. The first-order chi connectivity index (χ1) is 9.24. The molecule has 0 saturated heterocycles. The summed E-state index contributed by atoms with van der Waals surface area (Å²) >= 11 is 0. The highest BCUT2D eigenvalue weighted by Gasteiger charge is 2.42. The lowest BCUT2D eigenvalue weighted by Crippen LogP contribution is -2.56. The van der Waals surface area contributed by atoms with Crippen LogP contribution in [0.1, 0.15) is 71.0 Å². The highest BCUT2D eigenvalue weighted by molar-refractivity contribution is 5.87. The number of benzene rings is 1. The summed E-state index contributed by atoms with van der Waals surface area (Å²) in [5.74, 6) is 0.280. The molecule has 0 spiro atoms. The molecule has 1 aromatic rings. The molecule has 1 saturated carbocycles. The molecule has 1 aromatic carbocycles. The third-order valence-electron chi connectivity index (χ3n) is 4.65. The summed E-state index contributed by atoms with van der Waals surface area (Å²) in [5, 5.41) is 3.55. The van der Waals surface area contributed by atoms with Gasteiger partial charge in [-0.05, 0) is 49.7 Å². The van der Waals surface area contributed by atoms with Crippen LogP contribution in [0.25, 0.3) is 0 Å². The fraction of sp³-hybridized carbons (Fsp3) is 0.611. The van der Waals surface area contributed by atoms with Crippen LogP contribution in [-0.4, -0.2) is 11.3 Å². The van der Waals surface area contributed by atoms with E-state index >= 15 is 0 Å². The normalized spacial score (nSPS) is 19.2. The molecular weight excluding hydrogens is 246 g/mol. The second-order valence-electron chi connectivity index (χ2n) is 7.23. The Morgan fingerprint density at radius 2 is 1.75 bits per heavy atom. The van der Waals surface area contributed by atoms with E-state index in [0.717, 1.165) is 19.3 Å². The average Bonchev–Trinajstić information content (AvgIpc) is 2.32. The molecule has 0 radical (unpaired) electrons. The van der Waals surface area contributed by atoms with Crippen molar-refractivity contribution in [2.24, 2.45) is 0 Å². The third kappa shape index (κ3) is 2.95. The Hall–Kier alpha value is -1.15. The van der Waals surface area contributed by atoms with Crippen molar-refractivity contribution in [3.8, 4) is 0 Å². The van der Waals surface area contributed by atoms with Crippen molar-refractivity contribution < 1.29 is 4.79 Å². The van der Waals surface area contributed by atoms with Gasteiger partial charge in [-0.2, -0.15) is 0 Å². The van der Waals surface area contributed by atoms with Gasteiger partial charge in [0, 0.05) is 6.04 Å². The van der Waals surface area contributed by atoms with Gasteiger partial charge in [0.15, 0.2) is 0 Å². The minimum atomic E-state index is -0.262. The molecule has 1 aliphatic rings. The predicted molar refractivity (Wildman–Crippen MR) is 84.0 cm³/mol. The van der Waals surface area contributed by atoms with Gasteiger partial charge in [0.2, 0.25) is 0 Å². The topological polar surface area (TPSA) is 29.1 Å². The molecule has 0 amide bonds. The Labute approximate surface area is 123 Å². The summed E-state index contributed by atoms with van der Waals surface area (Å²) in [7, 11) is 0. The van der Waals surface area contributed by atoms with Crippen LogP contribution in [-0.2, 0) is 10.2 Å². The van der Waals surface area contributed by atoms with E-state index in [1.54, 1.807) is 6.92 Å². The number of rotatable bonds is 4. The van der Waals surface area contributed by atoms with Crippen LogP contribution in [0.5, 0.6) is 0 Å². The molecule has 1 N–H and O–H groups in total. The van der Waals surface area contributed by atoms with Crippen LogP contribution in [0.2, 0.25) is 0 Å². The third-order valence-corrected chi connectivity index (χ3v) is 4.65. The zero-order valence-electron chi connectivity index (χ0n) is 13.4. The lowest BCUT2D eigenvalue weighted by Gasteiger charge is -2.42. The average molecular weight is 273 g/mol. The number of ketones is 1. The van der Waals surface area contributed by atoms with Crippen molar-refractivity contribution in [3.63, 3.8) is 0 Å². The fourth-order valence-corrected chi connectivity index (χ4v) is 2.90. The van der Waals surface area contributed by atoms with Gasteiger partial charge < -0.3 is 0 Å². The molecule has 2 rings (SSSR count). The number of Topliss-reactive ketones (excluding diaryl/α,β-unsaturated/α-hetero) is 1. The Morgan fingerprint density at radius 3 is 2.10 bits per heavy atom. The Balaban J connectivity index is 2.10. The van der Waals surface area contributed by atoms with Gasteiger partial charge in [0.05, 0.1) is 5.54 Å². The first-order valence-corrected chi connectivity index (χ1v) is 7.64. The largest absolute Gasteiger partial charge is 0.298 e. The van der Waals surface area contributed by atoms with Gasteiger partial charge in [0.1, 0.15) is 5.78 Å². The molecule has 0 aliphatic heterocycles. The maximum atomic E-state index is 11.8. The summed E-state index contributed by atoms with van der Waals surface area (Å²) in [6.07, 6.45) is 3.11. The lowest BCUT2D eigenvalue weighted by molar-refractivity contribution is -0.127. The van der Waals surface area contributed by atoms with Crippen LogP contribution >= 0.6 is 0 Å². The maximum absolute atomic E-state index is 11.8. The number of hydrogen-bond acceptors (Lipinski definition) is 2. The zero-order valence-corrected chi connectivity index (χ0v) is 13.4. The molecule has 2 nitrogen and oxygen atoms in total.